The van der Waals surface area contributed by atoms with Crippen molar-refractivity contribution in [3.05, 3.63) is 53.6 Å². The van der Waals surface area contributed by atoms with Crippen LogP contribution in [0.15, 0.2) is 42.5 Å². The van der Waals surface area contributed by atoms with Gasteiger partial charge in [0.25, 0.3) is 5.91 Å². The van der Waals surface area contributed by atoms with Crippen LogP contribution in [0.25, 0.3) is 11.0 Å². The van der Waals surface area contributed by atoms with Gasteiger partial charge in [-0.2, -0.15) is 15.4 Å². The van der Waals surface area contributed by atoms with E-state index in [9.17, 15) is 4.79 Å². The summed E-state index contributed by atoms with van der Waals surface area (Å²) in [6.07, 6.45) is 0. The highest BCUT2D eigenvalue weighted by molar-refractivity contribution is 5.97. The van der Waals surface area contributed by atoms with Crippen LogP contribution < -0.4 is 4.74 Å². The first-order valence-electron chi connectivity index (χ1n) is 9.58. The molecule has 0 spiro atoms. The number of methoxy groups -OCH3 is 1. The average molecular weight is 414 g/mol. The minimum Gasteiger partial charge on any atom is -0.497 e. The Bertz CT molecular complexity index is 1020. The number of H-pyrrole nitrogens is 1. The molecule has 3 atom stereocenters. The van der Waals surface area contributed by atoms with Crippen LogP contribution in [-0.2, 0) is 0 Å². The molecule has 2 saturated heterocycles. The Morgan fingerprint density at radius 1 is 1.07 bits per heavy atom. The maximum atomic E-state index is 13.1. The topological polar surface area (TPSA) is 74.3 Å². The number of carbonyl (C=O) groups is 1. The molecular weight excluding hydrogens is 390 g/mol. The number of rotatable bonds is 3. The number of aromatic nitrogens is 3. The number of nitrogens with one attached hydrogen (secondary N) is 1. The van der Waals surface area contributed by atoms with Crippen LogP contribution in [0.1, 0.15) is 22.0 Å². The highest BCUT2D eigenvalue weighted by atomic mass is 35.5. The maximum Gasteiger partial charge on any atom is 0.253 e. The summed E-state index contributed by atoms with van der Waals surface area (Å²) in [5.41, 5.74) is 3.46. The van der Waals surface area contributed by atoms with Crippen molar-refractivity contribution in [2.75, 3.05) is 33.8 Å². The number of hydrogen-bond donors (Lipinski definition) is 1. The van der Waals surface area contributed by atoms with Gasteiger partial charge >= 0.3 is 0 Å². The molecule has 0 unspecified atom stereocenters. The van der Waals surface area contributed by atoms with Gasteiger partial charge in [0.1, 0.15) is 16.8 Å². The molecule has 3 heterocycles. The number of fused-ring (bicyclic) bond motifs is 2. The van der Waals surface area contributed by atoms with E-state index in [1.807, 2.05) is 35.2 Å². The Hall–Kier alpha value is -2.64. The molecule has 1 N–H and O–H groups in total. The lowest BCUT2D eigenvalue weighted by molar-refractivity contribution is 0.0768. The van der Waals surface area contributed by atoms with Crippen molar-refractivity contribution in [1.82, 2.24) is 25.2 Å². The summed E-state index contributed by atoms with van der Waals surface area (Å²) in [5, 5.41) is 10.8. The largest absolute Gasteiger partial charge is 0.497 e. The molecule has 7 nitrogen and oxygen atoms in total. The van der Waals surface area contributed by atoms with Crippen molar-refractivity contribution in [3.8, 4) is 5.75 Å². The van der Waals surface area contributed by atoms with Gasteiger partial charge in [0.2, 0.25) is 0 Å². The average Bonchev–Trinajstić information content (AvgIpc) is 3.41. The van der Waals surface area contributed by atoms with Crippen LogP contribution in [0.5, 0.6) is 5.75 Å². The Morgan fingerprint density at radius 2 is 1.83 bits per heavy atom. The van der Waals surface area contributed by atoms with Crippen molar-refractivity contribution in [2.45, 2.75) is 6.04 Å². The zero-order valence-corrected chi connectivity index (χ0v) is 17.2. The Labute approximate surface area is 175 Å². The minimum atomic E-state index is 0. The van der Waals surface area contributed by atoms with Gasteiger partial charge < -0.3 is 9.64 Å². The van der Waals surface area contributed by atoms with E-state index >= 15 is 0 Å². The summed E-state index contributed by atoms with van der Waals surface area (Å²) in [7, 11) is 3.86. The van der Waals surface area contributed by atoms with E-state index in [0.717, 1.165) is 36.4 Å². The van der Waals surface area contributed by atoms with Gasteiger partial charge in [-0.3, -0.25) is 9.69 Å². The van der Waals surface area contributed by atoms with Gasteiger partial charge in [-0.05, 0) is 48.9 Å². The van der Waals surface area contributed by atoms with Crippen molar-refractivity contribution in [2.24, 2.45) is 11.8 Å². The summed E-state index contributed by atoms with van der Waals surface area (Å²) in [6, 6.07) is 14.2. The molecule has 2 aliphatic heterocycles. The number of carbonyl (C=O) groups excluding carboxylic acids is 1. The molecule has 0 radical (unpaired) electrons. The molecule has 152 valence electrons. The first-order chi connectivity index (χ1) is 13.6. The van der Waals surface area contributed by atoms with Crippen LogP contribution in [0, 0.1) is 11.8 Å². The SMILES string of the molecule is COc1ccc([C@H]2[C@@H]3CN(C(=O)c4ccc5n[nH]nc5c4)C[C@@H]3CN2C)cc1.Cl. The molecule has 0 aliphatic carbocycles. The Kier molecular flexibility index (Phi) is 5.19. The van der Waals surface area contributed by atoms with E-state index in [-0.39, 0.29) is 18.3 Å². The van der Waals surface area contributed by atoms with Gasteiger partial charge in [-0.1, -0.05) is 12.1 Å². The molecular formula is C21H24ClN5O2. The molecule has 29 heavy (non-hydrogen) atoms. The van der Waals surface area contributed by atoms with Crippen LogP contribution >= 0.6 is 12.4 Å². The summed E-state index contributed by atoms with van der Waals surface area (Å²) in [4.78, 5) is 17.5. The fourth-order valence-electron chi connectivity index (χ4n) is 4.88. The summed E-state index contributed by atoms with van der Waals surface area (Å²) >= 11 is 0. The van der Waals surface area contributed by atoms with E-state index < -0.39 is 0 Å². The van der Waals surface area contributed by atoms with Gasteiger partial charge in [0.05, 0.1) is 7.11 Å². The van der Waals surface area contributed by atoms with Gasteiger partial charge in [0, 0.05) is 37.2 Å². The number of aromatic amines is 1. The third kappa shape index (κ3) is 3.34. The minimum absolute atomic E-state index is 0. The summed E-state index contributed by atoms with van der Waals surface area (Å²) in [6.45, 7) is 2.59. The third-order valence-corrected chi connectivity index (χ3v) is 6.20. The van der Waals surface area contributed by atoms with Crippen LogP contribution in [0.4, 0.5) is 0 Å². The monoisotopic (exact) mass is 413 g/mol. The maximum absolute atomic E-state index is 13.1. The molecule has 5 rings (SSSR count). The van der Waals surface area contributed by atoms with Gasteiger partial charge in [-0.25, -0.2) is 0 Å². The van der Waals surface area contributed by atoms with Crippen molar-refractivity contribution in [3.63, 3.8) is 0 Å². The highest BCUT2D eigenvalue weighted by Crippen LogP contribution is 2.44. The molecule has 8 heteroatoms. The van der Waals surface area contributed by atoms with Gasteiger partial charge in [0.15, 0.2) is 0 Å². The predicted molar refractivity (Wildman–Crippen MR) is 112 cm³/mol. The third-order valence-electron chi connectivity index (χ3n) is 6.20. The molecule has 2 fully saturated rings. The molecule has 2 aromatic carbocycles. The standard InChI is InChI=1S/C21H23N5O2.ClH/c1-25-10-15-11-26(21(27)14-5-8-18-19(9-14)23-24-22-18)12-17(15)20(25)13-3-6-16(28-2)7-4-13;/h3-9,15,17,20H,10-12H2,1-2H3,(H,22,23,24);1H/t15-,17+,20-;/m0./s1. The zero-order chi connectivity index (χ0) is 19.3. The number of amides is 1. The smallest absolute Gasteiger partial charge is 0.253 e. The normalized spacial score (nSPS) is 23.8. The van der Waals surface area contributed by atoms with E-state index in [0.29, 0.717) is 23.4 Å². The fraction of sp³-hybridized carbons (Fsp3) is 0.381. The number of likely N-dealkylation sites (tertiary alicyclic amines) is 2. The zero-order valence-electron chi connectivity index (χ0n) is 16.4. The number of halogens is 1. The van der Waals surface area contributed by atoms with E-state index in [1.54, 1.807) is 7.11 Å². The van der Waals surface area contributed by atoms with E-state index in [1.165, 1.54) is 5.56 Å². The second kappa shape index (κ2) is 7.65. The van der Waals surface area contributed by atoms with Crippen LogP contribution in [0.2, 0.25) is 0 Å². The first kappa shape index (κ1) is 19.7. The van der Waals surface area contributed by atoms with E-state index in [2.05, 4.69) is 39.5 Å². The lowest BCUT2D eigenvalue weighted by atomic mass is 9.89. The van der Waals surface area contributed by atoms with Crippen molar-refractivity contribution in [1.29, 1.82) is 0 Å². The summed E-state index contributed by atoms with van der Waals surface area (Å²) in [5.74, 6) is 1.89. The molecule has 0 bridgehead atoms. The highest BCUT2D eigenvalue weighted by Gasteiger charge is 2.47. The molecule has 1 aromatic heterocycles. The predicted octanol–water partition coefficient (Wildman–Crippen LogP) is 2.76. The second-order valence-electron chi connectivity index (χ2n) is 7.82. The van der Waals surface area contributed by atoms with Crippen molar-refractivity contribution < 1.29 is 9.53 Å². The number of nitrogens with zero attached hydrogens (tertiary/aromatic N) is 4. The number of ether oxygens (including phenoxy) is 1. The Balaban J connectivity index is 0.00000205. The first-order valence-corrected chi connectivity index (χ1v) is 9.58. The van der Waals surface area contributed by atoms with Crippen molar-refractivity contribution >= 4 is 29.3 Å². The van der Waals surface area contributed by atoms with E-state index in [4.69, 9.17) is 4.74 Å². The molecule has 3 aromatic rings. The lowest BCUT2D eigenvalue weighted by Gasteiger charge is -2.27. The number of benzene rings is 2. The number of hydrogen-bond acceptors (Lipinski definition) is 5. The fourth-order valence-corrected chi connectivity index (χ4v) is 4.88. The molecule has 0 saturated carbocycles. The second-order valence-corrected chi connectivity index (χ2v) is 7.82. The molecule has 1 amide bonds. The lowest BCUT2D eigenvalue weighted by Crippen LogP contribution is -2.33. The summed E-state index contributed by atoms with van der Waals surface area (Å²) < 4.78 is 5.29. The quantitative estimate of drug-likeness (QED) is 0.714. The van der Waals surface area contributed by atoms with Crippen LogP contribution in [0.3, 0.4) is 0 Å². The Morgan fingerprint density at radius 3 is 2.59 bits per heavy atom. The molecule has 2 aliphatic rings. The van der Waals surface area contributed by atoms with Gasteiger partial charge in [-0.15, -0.1) is 12.4 Å². The van der Waals surface area contributed by atoms with Crippen LogP contribution in [-0.4, -0.2) is 64.9 Å².